The first-order valence-electron chi connectivity index (χ1n) is 12.3. The summed E-state index contributed by atoms with van der Waals surface area (Å²) in [6.07, 6.45) is 0.831. The molecule has 38 heavy (non-hydrogen) atoms. The van der Waals surface area contributed by atoms with E-state index in [1.807, 2.05) is 50.2 Å². The molecule has 1 N–H and O–H groups in total. The van der Waals surface area contributed by atoms with Crippen LogP contribution >= 0.6 is 11.6 Å². The molecule has 8 heteroatoms. The Hall–Kier alpha value is -4.23. The van der Waals surface area contributed by atoms with Crippen molar-refractivity contribution in [2.45, 2.75) is 19.4 Å². The molecule has 0 bridgehead atoms. The summed E-state index contributed by atoms with van der Waals surface area (Å²) in [5.74, 6) is -1.27. The summed E-state index contributed by atoms with van der Waals surface area (Å²) in [5, 5.41) is 12.2. The Bertz CT molecular complexity index is 1550. The highest BCUT2D eigenvalue weighted by Crippen LogP contribution is 2.43. The van der Waals surface area contributed by atoms with Gasteiger partial charge in [0.25, 0.3) is 5.91 Å². The highest BCUT2D eigenvalue weighted by atomic mass is 35.5. The maximum atomic E-state index is 13.8. The molecule has 0 saturated carbocycles. The van der Waals surface area contributed by atoms with Crippen LogP contribution in [0.2, 0.25) is 5.02 Å². The van der Waals surface area contributed by atoms with Crippen LogP contribution in [0.15, 0.2) is 88.5 Å². The Labute approximate surface area is 225 Å². The van der Waals surface area contributed by atoms with Gasteiger partial charge in [-0.25, -0.2) is 0 Å². The molecule has 0 radical (unpaired) electrons. The van der Waals surface area contributed by atoms with Gasteiger partial charge in [0.15, 0.2) is 11.5 Å². The van der Waals surface area contributed by atoms with Crippen LogP contribution in [-0.4, -0.2) is 37.5 Å². The van der Waals surface area contributed by atoms with E-state index in [2.05, 4.69) is 0 Å². The normalized spacial score (nSPS) is 15.4. The largest absolute Gasteiger partial charge is 0.503 e. The van der Waals surface area contributed by atoms with Crippen LogP contribution in [-0.2, 0) is 4.79 Å². The number of aliphatic hydroxyl groups excluding tert-OH is 1. The van der Waals surface area contributed by atoms with Gasteiger partial charge in [-0.2, -0.15) is 0 Å². The second-order valence-electron chi connectivity index (χ2n) is 9.29. The standard InChI is InChI=1S/C30H27ClN2O5/c1-4-14-37-23-7-5-6-22(17-23)33-27(18-8-11-21(12-9-18)32(2)3)26(29(35)30(33)36)28(34)25-16-19-15-20(31)10-13-24(19)38-25/h5-13,15-17,27,35H,4,14H2,1-3H3. The first-order chi connectivity index (χ1) is 18.3. The van der Waals surface area contributed by atoms with Crippen LogP contribution in [0, 0.1) is 0 Å². The predicted octanol–water partition coefficient (Wildman–Crippen LogP) is 6.72. The van der Waals surface area contributed by atoms with E-state index in [0.29, 0.717) is 39.6 Å². The number of anilines is 2. The lowest BCUT2D eigenvalue weighted by Crippen LogP contribution is -2.31. The maximum absolute atomic E-state index is 13.8. The number of benzene rings is 3. The average molecular weight is 531 g/mol. The Kier molecular flexibility index (Phi) is 6.87. The maximum Gasteiger partial charge on any atom is 0.294 e. The number of hydrogen-bond donors (Lipinski definition) is 1. The van der Waals surface area contributed by atoms with Gasteiger partial charge in [-0.05, 0) is 60.5 Å². The Balaban J connectivity index is 1.62. The third kappa shape index (κ3) is 4.61. The summed E-state index contributed by atoms with van der Waals surface area (Å²) >= 11 is 6.11. The molecule has 7 nitrogen and oxygen atoms in total. The van der Waals surface area contributed by atoms with Crippen LogP contribution < -0.4 is 14.5 Å². The number of carbonyl (C=O) groups excluding carboxylic acids is 2. The van der Waals surface area contributed by atoms with Gasteiger partial charge in [0.1, 0.15) is 11.3 Å². The molecule has 1 amide bonds. The van der Waals surface area contributed by atoms with Crippen molar-refractivity contribution in [3.05, 3.63) is 100 Å². The number of ether oxygens (including phenoxy) is 1. The minimum absolute atomic E-state index is 0.00779. The van der Waals surface area contributed by atoms with Gasteiger partial charge in [0.2, 0.25) is 5.78 Å². The number of halogens is 1. The molecule has 1 aliphatic heterocycles. The van der Waals surface area contributed by atoms with E-state index >= 15 is 0 Å². The molecule has 1 unspecified atom stereocenters. The molecule has 5 rings (SSSR count). The van der Waals surface area contributed by atoms with E-state index in [9.17, 15) is 14.7 Å². The van der Waals surface area contributed by atoms with E-state index in [1.165, 1.54) is 4.90 Å². The van der Waals surface area contributed by atoms with Crippen LogP contribution in [0.3, 0.4) is 0 Å². The van der Waals surface area contributed by atoms with Crippen molar-refractivity contribution in [2.75, 3.05) is 30.5 Å². The SMILES string of the molecule is CCCOc1cccc(N2C(=O)C(O)=C(C(=O)c3cc4cc(Cl)ccc4o3)C2c2ccc(N(C)C)cc2)c1. The molecule has 2 heterocycles. The smallest absolute Gasteiger partial charge is 0.294 e. The first-order valence-corrected chi connectivity index (χ1v) is 12.7. The predicted molar refractivity (Wildman–Crippen MR) is 148 cm³/mol. The number of hydrogen-bond acceptors (Lipinski definition) is 6. The van der Waals surface area contributed by atoms with Crippen molar-refractivity contribution in [1.82, 2.24) is 0 Å². The third-order valence-electron chi connectivity index (χ3n) is 6.45. The number of fused-ring (bicyclic) bond motifs is 1. The van der Waals surface area contributed by atoms with Gasteiger partial charge in [-0.15, -0.1) is 0 Å². The second kappa shape index (κ2) is 10.3. The number of furan rings is 1. The molecule has 1 aromatic heterocycles. The molecule has 1 atom stereocenters. The van der Waals surface area contributed by atoms with Crippen molar-refractivity contribution in [2.24, 2.45) is 0 Å². The van der Waals surface area contributed by atoms with E-state index in [4.69, 9.17) is 20.8 Å². The highest BCUT2D eigenvalue weighted by Gasteiger charge is 2.45. The Morgan fingerprint density at radius 2 is 1.84 bits per heavy atom. The molecule has 1 aliphatic rings. The topological polar surface area (TPSA) is 83.2 Å². The zero-order valence-electron chi connectivity index (χ0n) is 21.3. The summed E-state index contributed by atoms with van der Waals surface area (Å²) < 4.78 is 11.6. The minimum Gasteiger partial charge on any atom is -0.503 e. The van der Waals surface area contributed by atoms with Crippen LogP contribution in [0.1, 0.15) is 35.5 Å². The highest BCUT2D eigenvalue weighted by molar-refractivity contribution is 6.31. The molecule has 3 aromatic carbocycles. The lowest BCUT2D eigenvalue weighted by atomic mass is 9.94. The monoisotopic (exact) mass is 530 g/mol. The lowest BCUT2D eigenvalue weighted by Gasteiger charge is -2.27. The summed E-state index contributed by atoms with van der Waals surface area (Å²) in [6.45, 7) is 2.53. The van der Waals surface area contributed by atoms with Gasteiger partial charge in [0, 0.05) is 41.9 Å². The summed E-state index contributed by atoms with van der Waals surface area (Å²) in [7, 11) is 3.85. The summed E-state index contributed by atoms with van der Waals surface area (Å²) in [5.41, 5.74) is 2.53. The summed E-state index contributed by atoms with van der Waals surface area (Å²) in [6, 6.07) is 20.3. The van der Waals surface area contributed by atoms with E-state index < -0.39 is 23.5 Å². The molecule has 0 aliphatic carbocycles. The molecule has 0 spiro atoms. The van der Waals surface area contributed by atoms with Crippen molar-refractivity contribution < 1.29 is 23.8 Å². The molecule has 4 aromatic rings. The van der Waals surface area contributed by atoms with Crippen molar-refractivity contribution >= 4 is 45.6 Å². The number of ketones is 1. The van der Waals surface area contributed by atoms with Gasteiger partial charge < -0.3 is 19.2 Å². The number of nitrogens with zero attached hydrogens (tertiary/aromatic N) is 2. The molecule has 0 fully saturated rings. The fraction of sp³-hybridized carbons (Fsp3) is 0.200. The minimum atomic E-state index is -0.885. The van der Waals surface area contributed by atoms with E-state index in [1.54, 1.807) is 48.5 Å². The zero-order chi connectivity index (χ0) is 27.0. The molecular weight excluding hydrogens is 504 g/mol. The zero-order valence-corrected chi connectivity index (χ0v) is 22.0. The Morgan fingerprint density at radius 1 is 1.08 bits per heavy atom. The first kappa shape index (κ1) is 25.4. The lowest BCUT2D eigenvalue weighted by molar-refractivity contribution is -0.117. The van der Waals surface area contributed by atoms with Gasteiger partial charge in [-0.3, -0.25) is 14.5 Å². The van der Waals surface area contributed by atoms with Gasteiger partial charge in [-0.1, -0.05) is 36.7 Å². The number of Topliss-reactive ketones (excluding diaryl/α,β-unsaturated/α-hetero) is 1. The molecular formula is C30H27ClN2O5. The van der Waals surface area contributed by atoms with Crippen LogP contribution in [0.4, 0.5) is 11.4 Å². The Morgan fingerprint density at radius 3 is 2.55 bits per heavy atom. The van der Waals surface area contributed by atoms with Crippen molar-refractivity contribution in [3.8, 4) is 5.75 Å². The van der Waals surface area contributed by atoms with E-state index in [0.717, 1.165) is 12.1 Å². The van der Waals surface area contributed by atoms with Gasteiger partial charge in [0.05, 0.1) is 18.2 Å². The van der Waals surface area contributed by atoms with Gasteiger partial charge >= 0.3 is 0 Å². The summed E-state index contributed by atoms with van der Waals surface area (Å²) in [4.78, 5) is 30.7. The average Bonchev–Trinajstić information content (AvgIpc) is 3.45. The number of rotatable bonds is 8. The molecule has 0 saturated heterocycles. The molecule has 194 valence electrons. The quantitative estimate of drug-likeness (QED) is 0.254. The fourth-order valence-electron chi connectivity index (χ4n) is 4.58. The third-order valence-corrected chi connectivity index (χ3v) is 6.68. The number of carbonyl (C=O) groups is 2. The fourth-order valence-corrected chi connectivity index (χ4v) is 4.76. The van der Waals surface area contributed by atoms with Crippen molar-refractivity contribution in [1.29, 1.82) is 0 Å². The van der Waals surface area contributed by atoms with Crippen LogP contribution in [0.25, 0.3) is 11.0 Å². The number of amides is 1. The second-order valence-corrected chi connectivity index (χ2v) is 9.73. The van der Waals surface area contributed by atoms with Crippen LogP contribution in [0.5, 0.6) is 5.75 Å². The van der Waals surface area contributed by atoms with Crippen molar-refractivity contribution in [3.63, 3.8) is 0 Å². The number of aliphatic hydroxyl groups is 1. The van der Waals surface area contributed by atoms with E-state index in [-0.39, 0.29) is 11.3 Å².